The van der Waals surface area contributed by atoms with Crippen LogP contribution in [0.3, 0.4) is 0 Å². The van der Waals surface area contributed by atoms with Crippen LogP contribution in [-0.4, -0.2) is 34.4 Å². The predicted molar refractivity (Wildman–Crippen MR) is 123 cm³/mol. The lowest BCUT2D eigenvalue weighted by Crippen LogP contribution is -2.47. The molecule has 0 saturated carbocycles. The van der Waals surface area contributed by atoms with Gasteiger partial charge in [-0.15, -0.1) is 0 Å². The molecule has 4 rings (SSSR count). The topological polar surface area (TPSA) is 49.9 Å². The SMILES string of the molecule is O=C(C1CCCN1C(=O)OCc1ccccc1)N(Cc1ccccc1)Cc1ccccc1. The minimum Gasteiger partial charge on any atom is -0.445 e. The van der Waals surface area contributed by atoms with Gasteiger partial charge in [-0.3, -0.25) is 9.69 Å². The van der Waals surface area contributed by atoms with Gasteiger partial charge in [0, 0.05) is 19.6 Å². The Labute approximate surface area is 189 Å². The van der Waals surface area contributed by atoms with Crippen LogP contribution < -0.4 is 0 Å². The second kappa shape index (κ2) is 10.6. The van der Waals surface area contributed by atoms with Crippen LogP contribution in [0.25, 0.3) is 0 Å². The molecule has 2 amide bonds. The number of carbonyl (C=O) groups excluding carboxylic acids is 2. The summed E-state index contributed by atoms with van der Waals surface area (Å²) >= 11 is 0. The van der Waals surface area contributed by atoms with Gasteiger partial charge in [-0.1, -0.05) is 91.0 Å². The Bertz CT molecular complexity index is 967. The number of hydrogen-bond acceptors (Lipinski definition) is 3. The van der Waals surface area contributed by atoms with Crippen LogP contribution in [0.1, 0.15) is 29.5 Å². The van der Waals surface area contributed by atoms with Gasteiger partial charge in [0.15, 0.2) is 0 Å². The first-order valence-corrected chi connectivity index (χ1v) is 11.0. The summed E-state index contributed by atoms with van der Waals surface area (Å²) in [6.45, 7) is 1.74. The van der Waals surface area contributed by atoms with E-state index in [4.69, 9.17) is 4.74 Å². The summed E-state index contributed by atoms with van der Waals surface area (Å²) in [5.74, 6) is -0.0353. The first-order chi connectivity index (χ1) is 15.7. The summed E-state index contributed by atoms with van der Waals surface area (Å²) in [5, 5.41) is 0. The number of carbonyl (C=O) groups is 2. The van der Waals surface area contributed by atoms with Crippen molar-refractivity contribution in [1.29, 1.82) is 0 Å². The molecule has 0 N–H and O–H groups in total. The predicted octanol–water partition coefficient (Wildman–Crippen LogP) is 5.02. The molecule has 1 aliphatic rings. The largest absolute Gasteiger partial charge is 0.445 e. The first kappa shape index (κ1) is 21.6. The van der Waals surface area contributed by atoms with E-state index >= 15 is 0 Å². The van der Waals surface area contributed by atoms with Crippen molar-refractivity contribution in [2.45, 2.75) is 38.6 Å². The van der Waals surface area contributed by atoms with E-state index in [1.165, 1.54) is 0 Å². The van der Waals surface area contributed by atoms with Crippen molar-refractivity contribution in [2.75, 3.05) is 6.54 Å². The maximum Gasteiger partial charge on any atom is 0.410 e. The zero-order valence-corrected chi connectivity index (χ0v) is 18.1. The zero-order valence-electron chi connectivity index (χ0n) is 18.1. The van der Waals surface area contributed by atoms with Crippen molar-refractivity contribution < 1.29 is 14.3 Å². The van der Waals surface area contributed by atoms with E-state index in [9.17, 15) is 9.59 Å². The molecule has 1 fully saturated rings. The van der Waals surface area contributed by atoms with Gasteiger partial charge in [0.1, 0.15) is 12.6 Å². The van der Waals surface area contributed by atoms with Crippen LogP contribution >= 0.6 is 0 Å². The molecule has 0 bridgehead atoms. The fourth-order valence-electron chi connectivity index (χ4n) is 4.07. The van der Waals surface area contributed by atoms with Gasteiger partial charge in [0.25, 0.3) is 0 Å². The van der Waals surface area contributed by atoms with Gasteiger partial charge in [-0.25, -0.2) is 4.79 Å². The number of likely N-dealkylation sites (tertiary alicyclic amines) is 1. The first-order valence-electron chi connectivity index (χ1n) is 11.0. The van der Waals surface area contributed by atoms with Crippen LogP contribution in [0.2, 0.25) is 0 Å². The second-order valence-electron chi connectivity index (χ2n) is 8.06. The Morgan fingerprint density at radius 2 is 1.28 bits per heavy atom. The van der Waals surface area contributed by atoms with Gasteiger partial charge < -0.3 is 9.64 Å². The summed E-state index contributed by atoms with van der Waals surface area (Å²) < 4.78 is 5.52. The maximum absolute atomic E-state index is 13.6. The Balaban J connectivity index is 1.47. The molecule has 164 valence electrons. The maximum atomic E-state index is 13.6. The monoisotopic (exact) mass is 428 g/mol. The highest BCUT2D eigenvalue weighted by atomic mass is 16.6. The second-order valence-corrected chi connectivity index (χ2v) is 8.06. The molecule has 1 atom stereocenters. The third-order valence-electron chi connectivity index (χ3n) is 5.72. The summed E-state index contributed by atoms with van der Waals surface area (Å²) in [6, 6.07) is 29.0. The Morgan fingerprint density at radius 1 is 0.781 bits per heavy atom. The number of hydrogen-bond donors (Lipinski definition) is 0. The zero-order chi connectivity index (χ0) is 22.2. The smallest absolute Gasteiger partial charge is 0.410 e. The molecule has 0 aliphatic carbocycles. The average molecular weight is 429 g/mol. The number of rotatable bonds is 7. The van der Waals surface area contributed by atoms with Gasteiger partial charge in [0.2, 0.25) is 5.91 Å². The highest BCUT2D eigenvalue weighted by Gasteiger charge is 2.37. The number of benzene rings is 3. The summed E-state index contributed by atoms with van der Waals surface area (Å²) in [5.41, 5.74) is 3.05. The van der Waals surface area contributed by atoms with E-state index in [-0.39, 0.29) is 12.5 Å². The molecular formula is C27H28N2O3. The molecule has 3 aromatic carbocycles. The van der Waals surface area contributed by atoms with Gasteiger partial charge in [-0.05, 0) is 29.5 Å². The van der Waals surface area contributed by atoms with E-state index in [0.717, 1.165) is 23.1 Å². The fraction of sp³-hybridized carbons (Fsp3) is 0.259. The minimum absolute atomic E-state index is 0.0353. The van der Waals surface area contributed by atoms with E-state index in [1.807, 2.05) is 95.9 Å². The van der Waals surface area contributed by atoms with E-state index in [1.54, 1.807) is 4.90 Å². The molecule has 32 heavy (non-hydrogen) atoms. The molecule has 1 unspecified atom stereocenters. The third kappa shape index (κ3) is 5.55. The van der Waals surface area contributed by atoms with Crippen molar-refractivity contribution in [3.8, 4) is 0 Å². The fourth-order valence-corrected chi connectivity index (χ4v) is 4.07. The number of amides is 2. The number of ether oxygens (including phenoxy) is 1. The van der Waals surface area contributed by atoms with Crippen molar-refractivity contribution in [1.82, 2.24) is 9.80 Å². The molecule has 1 saturated heterocycles. The molecule has 1 aliphatic heterocycles. The molecule has 0 spiro atoms. The average Bonchev–Trinajstić information content (AvgIpc) is 3.34. The molecule has 5 heteroatoms. The van der Waals surface area contributed by atoms with E-state index in [2.05, 4.69) is 0 Å². The van der Waals surface area contributed by atoms with Crippen molar-refractivity contribution in [3.05, 3.63) is 108 Å². The molecule has 3 aromatic rings. The van der Waals surface area contributed by atoms with Crippen LogP contribution in [0.5, 0.6) is 0 Å². The molecule has 5 nitrogen and oxygen atoms in total. The third-order valence-corrected chi connectivity index (χ3v) is 5.72. The summed E-state index contributed by atoms with van der Waals surface area (Å²) in [4.78, 5) is 29.9. The van der Waals surface area contributed by atoms with E-state index < -0.39 is 12.1 Å². The standard InChI is InChI=1S/C27H28N2O3/c30-26(25-17-10-18-29(25)27(31)32-21-24-15-8-3-9-16-24)28(19-22-11-4-1-5-12-22)20-23-13-6-2-7-14-23/h1-9,11-16,25H,10,17-21H2. The van der Waals surface area contributed by atoms with Crippen molar-refractivity contribution >= 4 is 12.0 Å². The lowest BCUT2D eigenvalue weighted by Gasteiger charge is -2.30. The van der Waals surface area contributed by atoms with Crippen molar-refractivity contribution in [3.63, 3.8) is 0 Å². The molecule has 0 aromatic heterocycles. The lowest BCUT2D eigenvalue weighted by molar-refractivity contribution is -0.137. The Morgan fingerprint density at radius 3 is 1.81 bits per heavy atom. The highest BCUT2D eigenvalue weighted by molar-refractivity contribution is 5.86. The van der Waals surface area contributed by atoms with Crippen LogP contribution in [-0.2, 0) is 29.2 Å². The molecule has 1 heterocycles. The van der Waals surface area contributed by atoms with Crippen LogP contribution in [0.4, 0.5) is 4.79 Å². The summed E-state index contributed by atoms with van der Waals surface area (Å²) in [6.07, 6.45) is 1.02. The Hall–Kier alpha value is -3.60. The van der Waals surface area contributed by atoms with Crippen LogP contribution in [0.15, 0.2) is 91.0 Å². The van der Waals surface area contributed by atoms with E-state index in [0.29, 0.717) is 26.1 Å². The summed E-state index contributed by atoms with van der Waals surface area (Å²) in [7, 11) is 0. The molecule has 0 radical (unpaired) electrons. The molecular weight excluding hydrogens is 400 g/mol. The van der Waals surface area contributed by atoms with Gasteiger partial charge in [-0.2, -0.15) is 0 Å². The lowest BCUT2D eigenvalue weighted by atomic mass is 10.1. The highest BCUT2D eigenvalue weighted by Crippen LogP contribution is 2.23. The Kier molecular flexibility index (Phi) is 7.18. The quantitative estimate of drug-likeness (QED) is 0.531. The van der Waals surface area contributed by atoms with Gasteiger partial charge >= 0.3 is 6.09 Å². The number of nitrogens with zero attached hydrogens (tertiary/aromatic N) is 2. The van der Waals surface area contributed by atoms with Crippen LogP contribution in [0, 0.1) is 0 Å². The van der Waals surface area contributed by atoms with Gasteiger partial charge in [0.05, 0.1) is 0 Å². The van der Waals surface area contributed by atoms with Crippen molar-refractivity contribution in [2.24, 2.45) is 0 Å². The normalized spacial score (nSPS) is 15.4. The minimum atomic E-state index is -0.495.